The second kappa shape index (κ2) is 8.20. The first-order valence-corrected chi connectivity index (χ1v) is 6.75. The van der Waals surface area contributed by atoms with Gasteiger partial charge in [0.1, 0.15) is 0 Å². The fourth-order valence-electron chi connectivity index (χ4n) is 1.17. The molecule has 0 spiro atoms. The summed E-state index contributed by atoms with van der Waals surface area (Å²) in [6.07, 6.45) is 3.99. The van der Waals surface area contributed by atoms with Crippen LogP contribution in [0, 0.1) is 0 Å². The van der Waals surface area contributed by atoms with Gasteiger partial charge in [-0.2, -0.15) is 5.10 Å². The zero-order valence-corrected chi connectivity index (χ0v) is 12.1. The lowest BCUT2D eigenvalue weighted by atomic mass is 10.2. The molecule has 0 aliphatic rings. The van der Waals surface area contributed by atoms with Gasteiger partial charge in [0.15, 0.2) is 5.11 Å². The minimum absolute atomic E-state index is 0.560. The molecule has 0 fully saturated rings. The number of halogens is 1. The van der Waals surface area contributed by atoms with Gasteiger partial charge in [-0.05, 0) is 36.3 Å². The minimum atomic E-state index is 0.560. The molecule has 0 amide bonds. The Hall–Kier alpha value is -0.940. The number of nitrogens with zero attached hydrogens (tertiary/aromatic N) is 1. The summed E-state index contributed by atoms with van der Waals surface area (Å²) < 4.78 is 1.03. The van der Waals surface area contributed by atoms with Gasteiger partial charge >= 0.3 is 0 Å². The molecule has 0 bridgehead atoms. The SMILES string of the molecule is CCCCNC(=S)N/N=C\c1cccc(Br)c1. The lowest BCUT2D eigenvalue weighted by molar-refractivity contribution is 0.745. The van der Waals surface area contributed by atoms with Crippen LogP contribution in [0.3, 0.4) is 0 Å². The average Bonchev–Trinajstić information content (AvgIpc) is 2.29. The molecular weight excluding hydrogens is 298 g/mol. The van der Waals surface area contributed by atoms with Crippen molar-refractivity contribution in [3.8, 4) is 0 Å². The Balaban J connectivity index is 2.32. The molecule has 92 valence electrons. The molecule has 0 heterocycles. The van der Waals surface area contributed by atoms with Gasteiger partial charge in [-0.3, -0.25) is 5.43 Å². The van der Waals surface area contributed by atoms with Gasteiger partial charge in [-0.15, -0.1) is 0 Å². The van der Waals surface area contributed by atoms with Crippen LogP contribution in [0.4, 0.5) is 0 Å². The summed E-state index contributed by atoms with van der Waals surface area (Å²) in [7, 11) is 0. The number of benzene rings is 1. The predicted octanol–water partition coefficient (Wildman–Crippen LogP) is 3.05. The van der Waals surface area contributed by atoms with E-state index < -0.39 is 0 Å². The Morgan fingerprint density at radius 3 is 3.06 bits per heavy atom. The Bertz CT molecular complexity index is 393. The highest BCUT2D eigenvalue weighted by Crippen LogP contribution is 2.09. The van der Waals surface area contributed by atoms with Crippen molar-refractivity contribution in [2.24, 2.45) is 5.10 Å². The smallest absolute Gasteiger partial charge is 0.186 e. The third kappa shape index (κ3) is 6.38. The number of hydrogen-bond donors (Lipinski definition) is 2. The van der Waals surface area contributed by atoms with Crippen molar-refractivity contribution in [3.63, 3.8) is 0 Å². The summed E-state index contributed by atoms with van der Waals surface area (Å²) in [5, 5.41) is 7.70. The molecule has 1 aromatic carbocycles. The Kier molecular flexibility index (Phi) is 6.81. The van der Waals surface area contributed by atoms with E-state index in [0.717, 1.165) is 29.4 Å². The number of hydrogen-bond acceptors (Lipinski definition) is 2. The van der Waals surface area contributed by atoms with Crippen LogP contribution in [0.2, 0.25) is 0 Å². The fourth-order valence-corrected chi connectivity index (χ4v) is 1.74. The average molecular weight is 314 g/mol. The van der Waals surface area contributed by atoms with E-state index in [1.165, 1.54) is 0 Å². The van der Waals surface area contributed by atoms with Gasteiger partial charge in [-0.1, -0.05) is 41.4 Å². The quantitative estimate of drug-likeness (QED) is 0.380. The van der Waals surface area contributed by atoms with Crippen LogP contribution >= 0.6 is 28.1 Å². The predicted molar refractivity (Wildman–Crippen MR) is 80.4 cm³/mol. The van der Waals surface area contributed by atoms with Gasteiger partial charge in [0.25, 0.3) is 0 Å². The van der Waals surface area contributed by atoms with Crippen molar-refractivity contribution in [2.45, 2.75) is 19.8 Å². The van der Waals surface area contributed by atoms with E-state index in [1.54, 1.807) is 6.21 Å². The lowest BCUT2D eigenvalue weighted by Crippen LogP contribution is -2.32. The maximum absolute atomic E-state index is 5.06. The minimum Gasteiger partial charge on any atom is -0.361 e. The van der Waals surface area contributed by atoms with Crippen LogP contribution in [0.25, 0.3) is 0 Å². The van der Waals surface area contributed by atoms with Crippen LogP contribution in [-0.2, 0) is 0 Å². The van der Waals surface area contributed by atoms with Crippen LogP contribution in [0.15, 0.2) is 33.8 Å². The molecule has 0 unspecified atom stereocenters. The van der Waals surface area contributed by atoms with E-state index in [4.69, 9.17) is 12.2 Å². The normalized spacial score (nSPS) is 10.5. The van der Waals surface area contributed by atoms with Crippen molar-refractivity contribution in [2.75, 3.05) is 6.54 Å². The lowest BCUT2D eigenvalue weighted by Gasteiger charge is -2.05. The van der Waals surface area contributed by atoms with Gasteiger partial charge in [-0.25, -0.2) is 0 Å². The molecule has 3 nitrogen and oxygen atoms in total. The highest BCUT2D eigenvalue weighted by molar-refractivity contribution is 9.10. The Morgan fingerprint density at radius 2 is 2.35 bits per heavy atom. The van der Waals surface area contributed by atoms with Gasteiger partial charge in [0.05, 0.1) is 6.21 Å². The number of rotatable bonds is 5. The first-order chi connectivity index (χ1) is 8.22. The van der Waals surface area contributed by atoms with Crippen molar-refractivity contribution < 1.29 is 0 Å². The molecule has 0 aromatic heterocycles. The van der Waals surface area contributed by atoms with Crippen LogP contribution in [0.5, 0.6) is 0 Å². The molecule has 0 saturated heterocycles. The second-order valence-electron chi connectivity index (χ2n) is 3.53. The van der Waals surface area contributed by atoms with E-state index in [9.17, 15) is 0 Å². The van der Waals surface area contributed by atoms with Crippen molar-refractivity contribution in [3.05, 3.63) is 34.3 Å². The molecule has 0 aliphatic carbocycles. The zero-order valence-electron chi connectivity index (χ0n) is 9.74. The van der Waals surface area contributed by atoms with Crippen LogP contribution in [0.1, 0.15) is 25.3 Å². The summed E-state index contributed by atoms with van der Waals surface area (Å²) >= 11 is 8.47. The van der Waals surface area contributed by atoms with E-state index in [1.807, 2.05) is 24.3 Å². The van der Waals surface area contributed by atoms with Crippen LogP contribution < -0.4 is 10.7 Å². The summed E-state index contributed by atoms with van der Waals surface area (Å²) in [6, 6.07) is 7.90. The number of unbranched alkanes of at least 4 members (excludes halogenated alkanes) is 1. The van der Waals surface area contributed by atoms with E-state index in [-0.39, 0.29) is 0 Å². The van der Waals surface area contributed by atoms with E-state index in [0.29, 0.717) is 5.11 Å². The number of thiocarbonyl (C=S) groups is 1. The maximum Gasteiger partial charge on any atom is 0.186 e. The first kappa shape index (κ1) is 14.1. The topological polar surface area (TPSA) is 36.4 Å². The third-order valence-electron chi connectivity index (χ3n) is 2.04. The summed E-state index contributed by atoms with van der Waals surface area (Å²) in [5.74, 6) is 0. The van der Waals surface area contributed by atoms with Crippen LogP contribution in [-0.4, -0.2) is 17.9 Å². The Morgan fingerprint density at radius 1 is 1.53 bits per heavy atom. The Labute approximate surface area is 116 Å². The number of nitrogens with one attached hydrogen (secondary N) is 2. The van der Waals surface area contributed by atoms with E-state index >= 15 is 0 Å². The molecular formula is C12H16BrN3S. The molecule has 5 heteroatoms. The third-order valence-corrected chi connectivity index (χ3v) is 2.77. The largest absolute Gasteiger partial charge is 0.361 e. The van der Waals surface area contributed by atoms with Crippen molar-refractivity contribution in [1.29, 1.82) is 0 Å². The second-order valence-corrected chi connectivity index (χ2v) is 4.86. The molecule has 0 saturated carbocycles. The zero-order chi connectivity index (χ0) is 12.5. The highest BCUT2D eigenvalue weighted by atomic mass is 79.9. The van der Waals surface area contributed by atoms with Gasteiger partial charge in [0.2, 0.25) is 0 Å². The van der Waals surface area contributed by atoms with Crippen molar-refractivity contribution in [1.82, 2.24) is 10.7 Å². The molecule has 0 aliphatic heterocycles. The molecule has 2 N–H and O–H groups in total. The summed E-state index contributed by atoms with van der Waals surface area (Å²) in [4.78, 5) is 0. The summed E-state index contributed by atoms with van der Waals surface area (Å²) in [6.45, 7) is 3.03. The standard InChI is InChI=1S/C12H16BrN3S/c1-2-3-7-14-12(17)16-15-9-10-5-4-6-11(13)8-10/h4-6,8-9H,2-3,7H2,1H3,(H2,14,16,17)/b15-9-. The fraction of sp³-hybridized carbons (Fsp3) is 0.333. The molecule has 1 rings (SSSR count). The highest BCUT2D eigenvalue weighted by Gasteiger charge is 1.92. The molecule has 0 atom stereocenters. The van der Waals surface area contributed by atoms with E-state index in [2.05, 4.69) is 38.7 Å². The first-order valence-electron chi connectivity index (χ1n) is 5.55. The monoisotopic (exact) mass is 313 g/mol. The van der Waals surface area contributed by atoms with Gasteiger partial charge in [0, 0.05) is 11.0 Å². The molecule has 0 radical (unpaired) electrons. The number of hydrazone groups is 1. The van der Waals surface area contributed by atoms with Gasteiger partial charge < -0.3 is 5.32 Å². The molecule has 1 aromatic rings. The maximum atomic E-state index is 5.06. The molecule has 17 heavy (non-hydrogen) atoms. The van der Waals surface area contributed by atoms with Crippen molar-refractivity contribution >= 4 is 39.5 Å². The summed E-state index contributed by atoms with van der Waals surface area (Å²) in [5.41, 5.74) is 3.80.